The highest BCUT2D eigenvalue weighted by atomic mass is 35.5. The van der Waals surface area contributed by atoms with Crippen LogP contribution in [0.4, 0.5) is 10.5 Å². The van der Waals surface area contributed by atoms with Gasteiger partial charge in [-0.1, -0.05) is 61.1 Å². The Bertz CT molecular complexity index is 974. The molecule has 2 amide bonds. The van der Waals surface area contributed by atoms with Crippen molar-refractivity contribution in [2.75, 3.05) is 25.5 Å². The normalized spacial score (nSPS) is 18.1. The fraction of sp³-hybridized carbons (Fsp3) is 0.520. The molecule has 0 bridgehead atoms. The van der Waals surface area contributed by atoms with Crippen LogP contribution in [0.3, 0.4) is 0 Å². The fourth-order valence-electron chi connectivity index (χ4n) is 4.75. The monoisotopic (exact) mass is 489 g/mol. The molecule has 1 fully saturated rings. The molecule has 1 aliphatic carbocycles. The molecule has 178 valence electrons. The highest BCUT2D eigenvalue weighted by Crippen LogP contribution is 2.30. The van der Waals surface area contributed by atoms with Crippen LogP contribution in [0.25, 0.3) is 0 Å². The molecule has 8 heteroatoms. The van der Waals surface area contributed by atoms with Gasteiger partial charge in [0.25, 0.3) is 0 Å². The van der Waals surface area contributed by atoms with Gasteiger partial charge in [-0.15, -0.1) is 0 Å². The maximum Gasteiger partial charge on any atom is 0.414 e. The molecule has 1 aromatic heterocycles. The van der Waals surface area contributed by atoms with Crippen LogP contribution in [0.1, 0.15) is 49.7 Å². The van der Waals surface area contributed by atoms with Crippen LogP contribution in [-0.4, -0.2) is 43.1 Å². The number of thiophene rings is 1. The van der Waals surface area contributed by atoms with E-state index in [1.54, 1.807) is 12.1 Å². The van der Waals surface area contributed by atoms with Gasteiger partial charge in [0.2, 0.25) is 5.91 Å². The Kier molecular flexibility index (Phi) is 8.28. The van der Waals surface area contributed by atoms with E-state index in [-0.39, 0.29) is 5.91 Å². The van der Waals surface area contributed by atoms with Crippen LogP contribution in [0.5, 0.6) is 5.06 Å². The molecule has 33 heavy (non-hydrogen) atoms. The molecule has 1 aliphatic heterocycles. The number of rotatable bonds is 6. The van der Waals surface area contributed by atoms with E-state index in [0.717, 1.165) is 44.5 Å². The second-order valence-electron chi connectivity index (χ2n) is 9.16. The van der Waals surface area contributed by atoms with Crippen molar-refractivity contribution in [1.29, 1.82) is 0 Å². The Morgan fingerprint density at radius 1 is 1.12 bits per heavy atom. The summed E-state index contributed by atoms with van der Waals surface area (Å²) in [4.78, 5) is 28.1. The predicted molar refractivity (Wildman–Crippen MR) is 133 cm³/mol. The van der Waals surface area contributed by atoms with Crippen LogP contribution >= 0.6 is 22.9 Å². The summed E-state index contributed by atoms with van der Waals surface area (Å²) >= 11 is 7.11. The molecule has 2 heterocycles. The number of hydrogen-bond acceptors (Lipinski definition) is 5. The number of carbonyl (C=O) groups excluding carboxylic acids is 2. The number of carbonyl (C=O) groups is 2. The first-order valence-electron chi connectivity index (χ1n) is 11.8. The average molecular weight is 490 g/mol. The maximum atomic E-state index is 13.3. The minimum absolute atomic E-state index is 0.201. The van der Waals surface area contributed by atoms with Gasteiger partial charge in [0.15, 0.2) is 5.06 Å². The molecule has 4 rings (SSSR count). The fourth-order valence-corrected chi connectivity index (χ4v) is 5.62. The standard InChI is InChI=1S/C25H32ClN3O3S/c1-29-13-11-18-7-8-20(16-19(18)12-14-29)27-24(30)21(15-17-5-3-2-4-6-17)28-25(31)32-23-10-9-22(26)33-23/h7-10,16-17,21H,2-6,11-15H2,1H3,(H,27,30)(H,28,31)/t21-/m1/s1. The number of halogens is 1. The topological polar surface area (TPSA) is 70.7 Å². The molecule has 2 aliphatic rings. The predicted octanol–water partition coefficient (Wildman–Crippen LogP) is 5.50. The van der Waals surface area contributed by atoms with Gasteiger partial charge in [-0.2, -0.15) is 0 Å². The largest absolute Gasteiger partial charge is 0.414 e. The van der Waals surface area contributed by atoms with E-state index in [4.69, 9.17) is 16.3 Å². The number of fused-ring (bicyclic) bond motifs is 1. The van der Waals surface area contributed by atoms with Gasteiger partial charge in [0.1, 0.15) is 6.04 Å². The van der Waals surface area contributed by atoms with Crippen LogP contribution in [-0.2, 0) is 17.6 Å². The second kappa shape index (κ2) is 11.4. The summed E-state index contributed by atoms with van der Waals surface area (Å²) in [5.74, 6) is 0.223. The van der Waals surface area contributed by atoms with Gasteiger partial charge in [0, 0.05) is 18.8 Å². The first-order valence-corrected chi connectivity index (χ1v) is 13.0. The number of amides is 2. The molecule has 2 N–H and O–H groups in total. The quantitative estimate of drug-likeness (QED) is 0.562. The summed E-state index contributed by atoms with van der Waals surface area (Å²) in [5, 5.41) is 6.26. The van der Waals surface area contributed by atoms with Crippen molar-refractivity contribution in [2.24, 2.45) is 5.92 Å². The lowest BCUT2D eigenvalue weighted by Crippen LogP contribution is -2.46. The van der Waals surface area contributed by atoms with Crippen LogP contribution in [0.15, 0.2) is 30.3 Å². The SMILES string of the molecule is CN1CCc2ccc(NC(=O)[C@@H](CC3CCCCC3)NC(=O)Oc3ccc(Cl)s3)cc2CC1. The minimum atomic E-state index is -0.652. The smallest absolute Gasteiger partial charge is 0.399 e. The van der Waals surface area contributed by atoms with E-state index < -0.39 is 12.1 Å². The van der Waals surface area contributed by atoms with Crippen LogP contribution < -0.4 is 15.4 Å². The summed E-state index contributed by atoms with van der Waals surface area (Å²) in [6, 6.07) is 8.83. The van der Waals surface area contributed by atoms with E-state index in [0.29, 0.717) is 21.7 Å². The van der Waals surface area contributed by atoms with Gasteiger partial charge in [-0.3, -0.25) is 4.79 Å². The van der Waals surface area contributed by atoms with Gasteiger partial charge in [-0.05, 0) is 67.6 Å². The zero-order valence-electron chi connectivity index (χ0n) is 19.1. The number of nitrogens with zero attached hydrogens (tertiary/aromatic N) is 1. The van der Waals surface area contributed by atoms with Crippen molar-refractivity contribution >= 4 is 40.6 Å². The Labute approximate surface area is 204 Å². The molecule has 0 spiro atoms. The molecule has 0 unspecified atom stereocenters. The lowest BCUT2D eigenvalue weighted by molar-refractivity contribution is -0.118. The van der Waals surface area contributed by atoms with Crippen molar-refractivity contribution in [3.8, 4) is 5.06 Å². The van der Waals surface area contributed by atoms with Gasteiger partial charge in [-0.25, -0.2) is 4.79 Å². The summed E-state index contributed by atoms with van der Waals surface area (Å²) in [7, 11) is 2.14. The number of likely N-dealkylation sites (N-methyl/N-ethyl adjacent to an activating group) is 1. The third kappa shape index (κ3) is 6.95. The number of benzene rings is 1. The van der Waals surface area contributed by atoms with Gasteiger partial charge in [0.05, 0.1) is 4.34 Å². The van der Waals surface area contributed by atoms with Crippen LogP contribution in [0, 0.1) is 5.92 Å². The number of hydrogen-bond donors (Lipinski definition) is 2. The van der Waals surface area contributed by atoms with Crippen molar-refractivity contribution in [3.05, 3.63) is 45.8 Å². The molecule has 2 aromatic rings. The highest BCUT2D eigenvalue weighted by molar-refractivity contribution is 7.17. The summed E-state index contributed by atoms with van der Waals surface area (Å²) < 4.78 is 5.90. The van der Waals surface area contributed by atoms with E-state index in [1.165, 1.54) is 41.7 Å². The average Bonchev–Trinajstić information content (AvgIpc) is 3.11. The summed E-state index contributed by atoms with van der Waals surface area (Å²) in [6.07, 6.45) is 7.75. The number of anilines is 1. The van der Waals surface area contributed by atoms with E-state index in [9.17, 15) is 9.59 Å². The Hall–Kier alpha value is -2.09. The summed E-state index contributed by atoms with van der Waals surface area (Å²) in [6.45, 7) is 2.05. The second-order valence-corrected chi connectivity index (χ2v) is 10.8. The molecule has 6 nitrogen and oxygen atoms in total. The third-order valence-corrected chi connectivity index (χ3v) is 7.75. The zero-order valence-corrected chi connectivity index (χ0v) is 20.6. The van der Waals surface area contributed by atoms with Crippen molar-refractivity contribution < 1.29 is 14.3 Å². The molecular weight excluding hydrogens is 458 g/mol. The molecular formula is C25H32ClN3O3S. The first-order chi connectivity index (χ1) is 16.0. The third-order valence-electron chi connectivity index (χ3n) is 6.64. The van der Waals surface area contributed by atoms with Crippen molar-refractivity contribution in [2.45, 2.75) is 57.4 Å². The Morgan fingerprint density at radius 3 is 2.61 bits per heavy atom. The van der Waals surface area contributed by atoms with Crippen molar-refractivity contribution in [3.63, 3.8) is 0 Å². The van der Waals surface area contributed by atoms with Crippen molar-refractivity contribution in [1.82, 2.24) is 10.2 Å². The van der Waals surface area contributed by atoms with E-state index >= 15 is 0 Å². The number of nitrogens with one attached hydrogen (secondary N) is 2. The van der Waals surface area contributed by atoms with Gasteiger partial charge < -0.3 is 20.3 Å². The molecule has 1 saturated carbocycles. The number of ether oxygens (including phenoxy) is 1. The highest BCUT2D eigenvalue weighted by Gasteiger charge is 2.27. The Morgan fingerprint density at radius 2 is 1.88 bits per heavy atom. The Balaban J connectivity index is 1.43. The molecule has 1 atom stereocenters. The zero-order chi connectivity index (χ0) is 23.2. The molecule has 1 aromatic carbocycles. The van der Waals surface area contributed by atoms with E-state index in [2.05, 4.69) is 34.7 Å². The summed E-state index contributed by atoms with van der Waals surface area (Å²) in [5.41, 5.74) is 3.40. The molecule has 0 radical (unpaired) electrons. The molecule has 0 saturated heterocycles. The van der Waals surface area contributed by atoms with Gasteiger partial charge >= 0.3 is 6.09 Å². The lowest BCUT2D eigenvalue weighted by atomic mass is 9.84. The first kappa shape index (κ1) is 24.0. The minimum Gasteiger partial charge on any atom is -0.399 e. The lowest BCUT2D eigenvalue weighted by Gasteiger charge is -2.26. The van der Waals surface area contributed by atoms with E-state index in [1.807, 2.05) is 6.07 Å². The van der Waals surface area contributed by atoms with Crippen LogP contribution in [0.2, 0.25) is 4.34 Å². The maximum absolute atomic E-state index is 13.3.